The number of carboxylic acids is 1. The number of hydrogen-bond donors (Lipinski definition) is 1. The molecule has 0 aliphatic carbocycles. The molecule has 6 nitrogen and oxygen atoms in total. The molecule has 0 fully saturated rings. The molecule has 1 unspecified atom stereocenters. The number of carboxylic acid groups (broad SMARTS) is 1. The Morgan fingerprint density at radius 3 is 2.16 bits per heavy atom. The number of ether oxygens (including phenoxy) is 2. The van der Waals surface area contributed by atoms with E-state index < -0.39 is 30.2 Å². The predicted molar refractivity (Wildman–Crippen MR) is 66.7 cm³/mol. The highest BCUT2D eigenvalue weighted by atomic mass is 16.5. The van der Waals surface area contributed by atoms with Crippen molar-refractivity contribution in [3.63, 3.8) is 0 Å². The smallest absolute Gasteiger partial charge is 0.339 e. The van der Waals surface area contributed by atoms with Crippen LogP contribution in [0.25, 0.3) is 0 Å². The second-order valence-corrected chi connectivity index (χ2v) is 3.46. The third-order valence-corrected chi connectivity index (χ3v) is 1.98. The van der Waals surface area contributed by atoms with Crippen LogP contribution in [0.5, 0.6) is 0 Å². The fraction of sp³-hybridized carbons (Fsp3) is 0.308. The fourth-order valence-corrected chi connectivity index (χ4v) is 1.09. The molecule has 1 atom stereocenters. The third kappa shape index (κ3) is 6.21. The Morgan fingerprint density at radius 1 is 1.16 bits per heavy atom. The van der Waals surface area contributed by atoms with Crippen LogP contribution >= 0.6 is 0 Å². The molecule has 0 bridgehead atoms. The Bertz CT molecular complexity index is 419. The van der Waals surface area contributed by atoms with E-state index >= 15 is 0 Å². The third-order valence-electron chi connectivity index (χ3n) is 1.98. The van der Waals surface area contributed by atoms with E-state index in [1.807, 2.05) is 0 Å². The van der Waals surface area contributed by atoms with Gasteiger partial charge in [0.1, 0.15) is 0 Å². The van der Waals surface area contributed by atoms with Gasteiger partial charge < -0.3 is 14.6 Å². The number of esters is 2. The average Bonchev–Trinajstić information content (AvgIpc) is 2.38. The summed E-state index contributed by atoms with van der Waals surface area (Å²) in [5.74, 6) is -4.28. The molecule has 0 rings (SSSR count). The summed E-state index contributed by atoms with van der Waals surface area (Å²) in [4.78, 5) is 33.8. The normalized spacial score (nSPS) is 12.3. The largest absolute Gasteiger partial charge is 0.481 e. The topological polar surface area (TPSA) is 89.9 Å². The van der Waals surface area contributed by atoms with Crippen molar-refractivity contribution in [1.82, 2.24) is 0 Å². The highest BCUT2D eigenvalue weighted by molar-refractivity contribution is 5.96. The summed E-state index contributed by atoms with van der Waals surface area (Å²) in [6.45, 7) is 6.64. The van der Waals surface area contributed by atoms with Crippen LogP contribution in [0.2, 0.25) is 0 Å². The minimum absolute atomic E-state index is 0.269. The standard InChI is InChI=1S/C13H16O6/c1-4-6-18-12(16)9(3)10(8-11(14)15)13(17)19-7-5-2/h4-7,10H,3,8H2,1-2H3,(H,14,15)/b6-4+,7-5+. The molecule has 0 spiro atoms. The van der Waals surface area contributed by atoms with Gasteiger partial charge in [-0.2, -0.15) is 0 Å². The summed E-state index contributed by atoms with van der Waals surface area (Å²) in [6.07, 6.45) is 4.54. The minimum Gasteiger partial charge on any atom is -0.481 e. The molecule has 0 heterocycles. The van der Waals surface area contributed by atoms with Crippen LogP contribution in [0.4, 0.5) is 0 Å². The molecule has 0 amide bonds. The molecule has 0 aliphatic rings. The van der Waals surface area contributed by atoms with Gasteiger partial charge in [-0.15, -0.1) is 0 Å². The van der Waals surface area contributed by atoms with E-state index in [2.05, 4.69) is 16.1 Å². The first-order chi connectivity index (χ1) is 8.93. The quantitative estimate of drug-likeness (QED) is 0.430. The number of rotatable bonds is 7. The molecule has 6 heteroatoms. The van der Waals surface area contributed by atoms with E-state index in [0.29, 0.717) is 0 Å². The van der Waals surface area contributed by atoms with Crippen molar-refractivity contribution in [2.75, 3.05) is 0 Å². The Morgan fingerprint density at radius 2 is 1.68 bits per heavy atom. The van der Waals surface area contributed by atoms with Crippen LogP contribution in [0.3, 0.4) is 0 Å². The number of carbonyl (C=O) groups excluding carboxylic acids is 2. The fourth-order valence-electron chi connectivity index (χ4n) is 1.09. The summed E-state index contributed by atoms with van der Waals surface area (Å²) in [7, 11) is 0. The number of carbonyl (C=O) groups is 3. The maximum absolute atomic E-state index is 11.6. The molecule has 19 heavy (non-hydrogen) atoms. The molecule has 0 aromatic heterocycles. The van der Waals surface area contributed by atoms with Crippen molar-refractivity contribution in [1.29, 1.82) is 0 Å². The Hall–Kier alpha value is -2.37. The van der Waals surface area contributed by atoms with Gasteiger partial charge in [0.25, 0.3) is 0 Å². The van der Waals surface area contributed by atoms with E-state index in [0.717, 1.165) is 12.5 Å². The van der Waals surface area contributed by atoms with E-state index in [1.165, 1.54) is 12.2 Å². The van der Waals surface area contributed by atoms with E-state index in [9.17, 15) is 14.4 Å². The van der Waals surface area contributed by atoms with E-state index in [4.69, 9.17) is 5.11 Å². The van der Waals surface area contributed by atoms with Gasteiger partial charge in [0.2, 0.25) is 0 Å². The van der Waals surface area contributed by atoms with Crippen LogP contribution in [-0.4, -0.2) is 23.0 Å². The number of allylic oxidation sites excluding steroid dienone is 2. The molecular weight excluding hydrogens is 252 g/mol. The van der Waals surface area contributed by atoms with Crippen molar-refractivity contribution in [2.45, 2.75) is 20.3 Å². The second kappa shape index (κ2) is 8.68. The Kier molecular flexibility index (Phi) is 7.60. The van der Waals surface area contributed by atoms with Gasteiger partial charge in [0.15, 0.2) is 0 Å². The zero-order valence-electron chi connectivity index (χ0n) is 10.8. The van der Waals surface area contributed by atoms with Crippen molar-refractivity contribution < 1.29 is 29.0 Å². The van der Waals surface area contributed by atoms with Crippen LogP contribution in [0.15, 0.2) is 36.8 Å². The molecule has 0 saturated carbocycles. The van der Waals surface area contributed by atoms with E-state index in [1.54, 1.807) is 13.8 Å². The summed E-state index contributed by atoms with van der Waals surface area (Å²) < 4.78 is 9.29. The van der Waals surface area contributed by atoms with Crippen molar-refractivity contribution in [2.24, 2.45) is 5.92 Å². The van der Waals surface area contributed by atoms with Gasteiger partial charge in [0, 0.05) is 5.57 Å². The lowest BCUT2D eigenvalue weighted by Gasteiger charge is -2.13. The lowest BCUT2D eigenvalue weighted by atomic mass is 9.97. The molecule has 104 valence electrons. The summed E-state index contributed by atoms with van der Waals surface area (Å²) in [5, 5.41) is 8.73. The monoisotopic (exact) mass is 268 g/mol. The SMILES string of the molecule is C=C(C(=O)O/C=C/C)C(CC(=O)O)C(=O)O/C=C/C. The first kappa shape index (κ1) is 16.6. The Labute approximate surface area is 111 Å². The molecule has 0 radical (unpaired) electrons. The highest BCUT2D eigenvalue weighted by Gasteiger charge is 2.30. The zero-order chi connectivity index (χ0) is 14.8. The van der Waals surface area contributed by atoms with Crippen LogP contribution in [-0.2, 0) is 23.9 Å². The van der Waals surface area contributed by atoms with Gasteiger partial charge in [-0.3, -0.25) is 9.59 Å². The maximum Gasteiger partial charge on any atom is 0.339 e. The minimum atomic E-state index is -1.29. The second-order valence-electron chi connectivity index (χ2n) is 3.46. The summed E-state index contributed by atoms with van der Waals surface area (Å²) in [6, 6.07) is 0. The molecule has 0 aromatic rings. The zero-order valence-corrected chi connectivity index (χ0v) is 10.8. The van der Waals surface area contributed by atoms with E-state index in [-0.39, 0.29) is 5.57 Å². The molecular formula is C13H16O6. The van der Waals surface area contributed by atoms with Crippen LogP contribution in [0.1, 0.15) is 20.3 Å². The van der Waals surface area contributed by atoms with Gasteiger partial charge in [0.05, 0.1) is 24.9 Å². The van der Waals surface area contributed by atoms with Gasteiger partial charge in [-0.05, 0) is 13.8 Å². The molecule has 1 N–H and O–H groups in total. The molecule has 0 saturated heterocycles. The van der Waals surface area contributed by atoms with Gasteiger partial charge >= 0.3 is 17.9 Å². The molecule has 0 aromatic carbocycles. The van der Waals surface area contributed by atoms with Crippen molar-refractivity contribution in [3.8, 4) is 0 Å². The lowest BCUT2D eigenvalue weighted by molar-refractivity contribution is -0.149. The van der Waals surface area contributed by atoms with Crippen molar-refractivity contribution in [3.05, 3.63) is 36.8 Å². The Balaban J connectivity index is 4.92. The predicted octanol–water partition coefficient (Wildman–Crippen LogP) is 1.79. The number of hydrogen-bond acceptors (Lipinski definition) is 5. The average molecular weight is 268 g/mol. The van der Waals surface area contributed by atoms with Gasteiger partial charge in [-0.25, -0.2) is 4.79 Å². The molecule has 0 aliphatic heterocycles. The number of aliphatic carboxylic acids is 1. The van der Waals surface area contributed by atoms with Crippen molar-refractivity contribution >= 4 is 17.9 Å². The van der Waals surface area contributed by atoms with Gasteiger partial charge in [-0.1, -0.05) is 18.7 Å². The summed E-state index contributed by atoms with van der Waals surface area (Å²) in [5.41, 5.74) is -0.269. The lowest BCUT2D eigenvalue weighted by Crippen LogP contribution is -2.25. The van der Waals surface area contributed by atoms with Crippen LogP contribution < -0.4 is 0 Å². The first-order valence-electron chi connectivity index (χ1n) is 5.48. The summed E-state index contributed by atoms with van der Waals surface area (Å²) >= 11 is 0. The highest BCUT2D eigenvalue weighted by Crippen LogP contribution is 2.18. The maximum atomic E-state index is 11.6. The first-order valence-corrected chi connectivity index (χ1v) is 5.48. The van der Waals surface area contributed by atoms with Crippen LogP contribution in [0, 0.1) is 5.92 Å².